The van der Waals surface area contributed by atoms with E-state index >= 15 is 0 Å². The topological polar surface area (TPSA) is 39.6 Å². The van der Waals surface area contributed by atoms with Crippen LogP contribution in [0, 0.1) is 0 Å². The van der Waals surface area contributed by atoms with Crippen LogP contribution >= 0.6 is 15.9 Å². The van der Waals surface area contributed by atoms with E-state index in [0.29, 0.717) is 0 Å². The van der Waals surface area contributed by atoms with E-state index in [1.165, 1.54) is 5.69 Å². The van der Waals surface area contributed by atoms with Crippen LogP contribution < -0.4 is 9.80 Å². The maximum absolute atomic E-state index is 9.22. The molecule has 21 heavy (non-hydrogen) atoms. The summed E-state index contributed by atoms with van der Waals surface area (Å²) >= 11 is 3.52. The minimum atomic E-state index is 0.0638. The van der Waals surface area contributed by atoms with Crippen LogP contribution in [0.2, 0.25) is 0 Å². The van der Waals surface area contributed by atoms with E-state index in [1.54, 1.807) is 0 Å². The summed E-state index contributed by atoms with van der Waals surface area (Å²) in [4.78, 5) is 9.09. The molecule has 1 aliphatic heterocycles. The van der Waals surface area contributed by atoms with E-state index in [0.717, 1.165) is 42.0 Å². The predicted octanol–water partition coefficient (Wildman–Crippen LogP) is 2.66. The Bertz CT molecular complexity index is 598. The molecule has 5 heteroatoms. The van der Waals surface area contributed by atoms with E-state index in [-0.39, 0.29) is 6.61 Å². The number of aliphatic hydroxyl groups is 1. The lowest BCUT2D eigenvalue weighted by atomic mass is 10.2. The number of hydrogen-bond donors (Lipinski definition) is 1. The lowest BCUT2D eigenvalue weighted by Crippen LogP contribution is -2.46. The van der Waals surface area contributed by atoms with Crippen LogP contribution in [0.15, 0.2) is 47.1 Å². The number of aliphatic hydroxyl groups excluding tert-OH is 1. The zero-order chi connectivity index (χ0) is 14.7. The standard InChI is InChI=1S/C16H18BrN3O/c17-15-11-14(5-4-13(15)12-21)19-7-9-20(10-8-19)16-3-1-2-6-18-16/h1-6,11,21H,7-10,12H2. The highest BCUT2D eigenvalue weighted by atomic mass is 79.9. The van der Waals surface area contributed by atoms with Crippen molar-refractivity contribution < 1.29 is 5.11 Å². The Morgan fingerprint density at radius 3 is 2.43 bits per heavy atom. The Hall–Kier alpha value is -1.59. The van der Waals surface area contributed by atoms with Crippen LogP contribution in [0.3, 0.4) is 0 Å². The largest absolute Gasteiger partial charge is 0.392 e. The molecule has 0 unspecified atom stereocenters. The first kappa shape index (κ1) is 14.4. The molecule has 1 fully saturated rings. The van der Waals surface area contributed by atoms with Crippen LogP contribution in [0.5, 0.6) is 0 Å². The van der Waals surface area contributed by atoms with E-state index in [4.69, 9.17) is 0 Å². The third-order valence-electron chi connectivity index (χ3n) is 3.83. The fourth-order valence-corrected chi connectivity index (χ4v) is 3.09. The Kier molecular flexibility index (Phi) is 4.41. The first-order chi connectivity index (χ1) is 10.3. The van der Waals surface area contributed by atoms with Crippen molar-refractivity contribution in [3.63, 3.8) is 0 Å². The molecule has 1 aliphatic rings. The van der Waals surface area contributed by atoms with E-state index in [9.17, 15) is 5.11 Å². The predicted molar refractivity (Wildman–Crippen MR) is 88.7 cm³/mol. The molecule has 3 rings (SSSR count). The maximum Gasteiger partial charge on any atom is 0.128 e. The lowest BCUT2D eigenvalue weighted by Gasteiger charge is -2.36. The summed E-state index contributed by atoms with van der Waals surface area (Å²) in [5.41, 5.74) is 2.12. The molecular formula is C16H18BrN3O. The highest BCUT2D eigenvalue weighted by Crippen LogP contribution is 2.25. The summed E-state index contributed by atoms with van der Waals surface area (Å²) in [6.07, 6.45) is 1.84. The van der Waals surface area contributed by atoms with E-state index in [2.05, 4.69) is 48.9 Å². The summed E-state index contributed by atoms with van der Waals surface area (Å²) in [6.45, 7) is 3.95. The first-order valence-electron chi connectivity index (χ1n) is 7.08. The van der Waals surface area contributed by atoms with Crippen LogP contribution in [0.4, 0.5) is 11.5 Å². The molecular weight excluding hydrogens is 330 g/mol. The fraction of sp³-hybridized carbons (Fsp3) is 0.312. The maximum atomic E-state index is 9.22. The van der Waals surface area contributed by atoms with Crippen molar-refractivity contribution in [3.05, 3.63) is 52.6 Å². The van der Waals surface area contributed by atoms with Crippen molar-refractivity contribution in [1.82, 2.24) is 4.98 Å². The number of anilines is 2. The van der Waals surface area contributed by atoms with Crippen LogP contribution in [0.25, 0.3) is 0 Å². The van der Waals surface area contributed by atoms with Crippen LogP contribution in [-0.4, -0.2) is 36.3 Å². The average molecular weight is 348 g/mol. The summed E-state index contributed by atoms with van der Waals surface area (Å²) < 4.78 is 0.967. The van der Waals surface area contributed by atoms with Gasteiger partial charge in [0.05, 0.1) is 6.61 Å². The highest BCUT2D eigenvalue weighted by Gasteiger charge is 2.18. The molecule has 1 aromatic carbocycles. The van der Waals surface area contributed by atoms with Gasteiger partial charge in [-0.3, -0.25) is 0 Å². The number of benzene rings is 1. The highest BCUT2D eigenvalue weighted by molar-refractivity contribution is 9.10. The summed E-state index contributed by atoms with van der Waals surface area (Å²) in [5, 5.41) is 9.22. The Morgan fingerprint density at radius 1 is 1.05 bits per heavy atom. The van der Waals surface area contributed by atoms with Gasteiger partial charge in [-0.1, -0.05) is 28.1 Å². The second-order valence-electron chi connectivity index (χ2n) is 5.10. The van der Waals surface area contributed by atoms with Gasteiger partial charge in [0.25, 0.3) is 0 Å². The van der Waals surface area contributed by atoms with Gasteiger partial charge in [-0.05, 0) is 29.8 Å². The van der Waals surface area contributed by atoms with Gasteiger partial charge in [0, 0.05) is 42.5 Å². The number of halogens is 1. The number of pyridine rings is 1. The molecule has 0 bridgehead atoms. The zero-order valence-electron chi connectivity index (χ0n) is 11.7. The molecule has 1 saturated heterocycles. The van der Waals surface area contributed by atoms with Gasteiger partial charge in [0.15, 0.2) is 0 Å². The van der Waals surface area contributed by atoms with Gasteiger partial charge in [-0.15, -0.1) is 0 Å². The number of hydrogen-bond acceptors (Lipinski definition) is 4. The minimum Gasteiger partial charge on any atom is -0.392 e. The number of rotatable bonds is 3. The smallest absolute Gasteiger partial charge is 0.128 e. The van der Waals surface area contributed by atoms with Crippen molar-refractivity contribution in [1.29, 1.82) is 0 Å². The molecule has 2 heterocycles. The van der Waals surface area contributed by atoms with Crippen LogP contribution in [-0.2, 0) is 6.61 Å². The first-order valence-corrected chi connectivity index (χ1v) is 7.87. The average Bonchev–Trinajstić information content (AvgIpc) is 2.56. The van der Waals surface area contributed by atoms with Gasteiger partial charge < -0.3 is 14.9 Å². The number of aromatic nitrogens is 1. The van der Waals surface area contributed by atoms with Crippen LogP contribution in [0.1, 0.15) is 5.56 Å². The second-order valence-corrected chi connectivity index (χ2v) is 5.95. The molecule has 1 aromatic heterocycles. The van der Waals surface area contributed by atoms with Gasteiger partial charge in [0.2, 0.25) is 0 Å². The van der Waals surface area contributed by atoms with Crippen molar-refractivity contribution in [3.8, 4) is 0 Å². The van der Waals surface area contributed by atoms with Gasteiger partial charge in [-0.2, -0.15) is 0 Å². The third-order valence-corrected chi connectivity index (χ3v) is 4.56. The summed E-state index contributed by atoms with van der Waals surface area (Å²) in [5.74, 6) is 1.05. The molecule has 1 N–H and O–H groups in total. The molecule has 0 atom stereocenters. The number of piperazine rings is 1. The Labute approximate surface area is 133 Å². The third kappa shape index (κ3) is 3.19. The molecule has 0 aliphatic carbocycles. The molecule has 4 nitrogen and oxygen atoms in total. The summed E-state index contributed by atoms with van der Waals surface area (Å²) in [7, 11) is 0. The van der Waals surface area contributed by atoms with Crippen molar-refractivity contribution >= 4 is 27.4 Å². The monoisotopic (exact) mass is 347 g/mol. The summed E-state index contributed by atoms with van der Waals surface area (Å²) in [6, 6.07) is 12.2. The molecule has 110 valence electrons. The molecule has 0 radical (unpaired) electrons. The lowest BCUT2D eigenvalue weighted by molar-refractivity contribution is 0.281. The van der Waals surface area contributed by atoms with E-state index in [1.807, 2.05) is 24.4 Å². The molecule has 0 amide bonds. The molecule has 2 aromatic rings. The zero-order valence-corrected chi connectivity index (χ0v) is 13.3. The van der Waals surface area contributed by atoms with Crippen molar-refractivity contribution in [2.45, 2.75) is 6.61 Å². The normalized spacial score (nSPS) is 15.3. The quantitative estimate of drug-likeness (QED) is 0.926. The fourth-order valence-electron chi connectivity index (χ4n) is 2.60. The Morgan fingerprint density at radius 2 is 1.81 bits per heavy atom. The second kappa shape index (κ2) is 6.45. The van der Waals surface area contributed by atoms with Gasteiger partial charge >= 0.3 is 0 Å². The molecule has 0 saturated carbocycles. The van der Waals surface area contributed by atoms with Gasteiger partial charge in [-0.25, -0.2) is 4.98 Å². The molecule has 0 spiro atoms. The van der Waals surface area contributed by atoms with Crippen molar-refractivity contribution in [2.75, 3.05) is 36.0 Å². The van der Waals surface area contributed by atoms with E-state index < -0.39 is 0 Å². The number of nitrogens with zero attached hydrogens (tertiary/aromatic N) is 3. The van der Waals surface area contributed by atoms with Crippen molar-refractivity contribution in [2.24, 2.45) is 0 Å². The SMILES string of the molecule is OCc1ccc(N2CCN(c3ccccn3)CC2)cc1Br. The minimum absolute atomic E-state index is 0.0638. The Balaban J connectivity index is 1.67. The van der Waals surface area contributed by atoms with Gasteiger partial charge in [0.1, 0.15) is 5.82 Å².